The summed E-state index contributed by atoms with van der Waals surface area (Å²) in [5.41, 5.74) is 1.43. The van der Waals surface area contributed by atoms with Crippen molar-refractivity contribution in [2.24, 2.45) is 0 Å². The van der Waals surface area contributed by atoms with E-state index in [0.717, 1.165) is 17.0 Å². The van der Waals surface area contributed by atoms with E-state index in [4.69, 9.17) is 4.74 Å². The molecular formula is C25H23F3N2O2. The lowest BCUT2D eigenvalue weighted by Gasteiger charge is -2.46. The highest BCUT2D eigenvalue weighted by atomic mass is 19.3. The number of alkyl halides is 2. The minimum absolute atomic E-state index is 0.365. The summed E-state index contributed by atoms with van der Waals surface area (Å²) in [6.45, 7) is 0.581. The lowest BCUT2D eigenvalue weighted by molar-refractivity contribution is -0.154. The van der Waals surface area contributed by atoms with Gasteiger partial charge in [0.05, 0.1) is 12.5 Å². The highest BCUT2D eigenvalue weighted by Crippen LogP contribution is 2.54. The van der Waals surface area contributed by atoms with Gasteiger partial charge in [0, 0.05) is 30.8 Å². The zero-order chi connectivity index (χ0) is 22.8. The van der Waals surface area contributed by atoms with Crippen LogP contribution in [0.3, 0.4) is 0 Å². The minimum Gasteiger partial charge on any atom is -0.497 e. The summed E-state index contributed by atoms with van der Waals surface area (Å²) in [4.78, 5) is 13.0. The van der Waals surface area contributed by atoms with E-state index in [0.29, 0.717) is 17.8 Å². The number of benzene rings is 3. The molecule has 4 rings (SSSR count). The Labute approximate surface area is 184 Å². The van der Waals surface area contributed by atoms with Crippen molar-refractivity contribution in [1.29, 1.82) is 0 Å². The van der Waals surface area contributed by atoms with Crippen LogP contribution in [0, 0.1) is 5.82 Å². The van der Waals surface area contributed by atoms with Crippen molar-refractivity contribution in [3.05, 3.63) is 89.7 Å². The zero-order valence-electron chi connectivity index (χ0n) is 17.5. The second-order valence-corrected chi connectivity index (χ2v) is 8.03. The maximum Gasteiger partial charge on any atom is 0.250 e. The molecule has 0 spiro atoms. The number of ether oxygens (including phenoxy) is 1. The van der Waals surface area contributed by atoms with Gasteiger partial charge in [-0.1, -0.05) is 24.3 Å². The molecule has 0 saturated heterocycles. The minimum atomic E-state index is -2.90. The number of rotatable bonds is 7. The van der Waals surface area contributed by atoms with Gasteiger partial charge in [0.15, 0.2) is 0 Å². The number of methoxy groups -OCH3 is 1. The third kappa shape index (κ3) is 4.56. The fraction of sp³-hybridized carbons (Fsp3) is 0.240. The van der Waals surface area contributed by atoms with Crippen LogP contribution in [-0.2, 0) is 16.8 Å². The Balaban J connectivity index is 1.47. The Morgan fingerprint density at radius 3 is 2.06 bits per heavy atom. The smallest absolute Gasteiger partial charge is 0.250 e. The van der Waals surface area contributed by atoms with Crippen LogP contribution in [0.15, 0.2) is 72.8 Å². The van der Waals surface area contributed by atoms with Gasteiger partial charge in [-0.15, -0.1) is 0 Å². The number of carbonyl (C=O) groups is 1. The Morgan fingerprint density at radius 2 is 1.50 bits per heavy atom. The first-order valence-electron chi connectivity index (χ1n) is 10.2. The van der Waals surface area contributed by atoms with Gasteiger partial charge in [-0.3, -0.25) is 4.79 Å². The topological polar surface area (TPSA) is 50.4 Å². The van der Waals surface area contributed by atoms with E-state index in [1.807, 2.05) is 24.3 Å². The molecule has 2 N–H and O–H groups in total. The summed E-state index contributed by atoms with van der Waals surface area (Å²) in [6, 6.07) is 19.9. The molecule has 0 radical (unpaired) electrons. The van der Waals surface area contributed by atoms with E-state index in [2.05, 4.69) is 10.6 Å². The lowest BCUT2D eigenvalue weighted by Crippen LogP contribution is -2.56. The van der Waals surface area contributed by atoms with Gasteiger partial charge in [-0.25, -0.2) is 13.2 Å². The first kappa shape index (κ1) is 21.7. The molecule has 0 bridgehead atoms. The molecule has 4 nitrogen and oxygen atoms in total. The fourth-order valence-electron chi connectivity index (χ4n) is 3.97. The third-order valence-electron chi connectivity index (χ3n) is 5.75. The molecule has 0 aromatic heterocycles. The monoisotopic (exact) mass is 440 g/mol. The largest absolute Gasteiger partial charge is 0.497 e. The second kappa shape index (κ2) is 8.57. The van der Waals surface area contributed by atoms with Crippen molar-refractivity contribution in [2.45, 2.75) is 30.7 Å². The van der Waals surface area contributed by atoms with Gasteiger partial charge in [0.2, 0.25) is 5.91 Å². The Bertz CT molecular complexity index is 1070. The average Bonchev–Trinajstić information content (AvgIpc) is 2.78. The molecule has 32 heavy (non-hydrogen) atoms. The molecule has 3 aromatic carbocycles. The predicted octanol–water partition coefficient (Wildman–Crippen LogP) is 5.75. The SMILES string of the molecule is COc1ccc(CNc2ccc(C3(C(=O)Nc4ccc(F)cc4)CC(F)(F)C3)cc2)cc1. The van der Waals surface area contributed by atoms with Crippen LogP contribution in [0.4, 0.5) is 24.5 Å². The summed E-state index contributed by atoms with van der Waals surface area (Å²) >= 11 is 0. The van der Waals surface area contributed by atoms with Gasteiger partial charge in [-0.05, 0) is 59.7 Å². The Kier molecular flexibility index (Phi) is 5.82. The van der Waals surface area contributed by atoms with Crippen molar-refractivity contribution >= 4 is 17.3 Å². The maximum absolute atomic E-state index is 13.9. The van der Waals surface area contributed by atoms with Crippen molar-refractivity contribution in [3.63, 3.8) is 0 Å². The maximum atomic E-state index is 13.9. The Hall–Kier alpha value is -3.48. The molecule has 1 aliphatic rings. The summed E-state index contributed by atoms with van der Waals surface area (Å²) in [5, 5.41) is 5.93. The van der Waals surface area contributed by atoms with E-state index in [-0.39, 0.29) is 0 Å². The normalized spacial score (nSPS) is 16.0. The summed E-state index contributed by atoms with van der Waals surface area (Å²) in [7, 11) is 1.61. The molecular weight excluding hydrogens is 417 g/mol. The van der Waals surface area contributed by atoms with Gasteiger partial charge in [0.1, 0.15) is 11.6 Å². The van der Waals surface area contributed by atoms with Crippen LogP contribution in [0.25, 0.3) is 0 Å². The number of halogens is 3. The molecule has 1 amide bonds. The standard InChI is InChI=1S/C25H23F3N2O2/c1-32-22-12-2-17(3-13-22)14-29-20-8-4-18(5-9-20)24(15-25(27,28)16-24)23(31)30-21-10-6-19(26)7-11-21/h2-13,29H,14-16H2,1H3,(H,30,31). The number of amides is 1. The summed E-state index contributed by atoms with van der Waals surface area (Å²) in [5.74, 6) is -3.08. The molecule has 0 aliphatic heterocycles. The zero-order valence-corrected chi connectivity index (χ0v) is 17.5. The van der Waals surface area contributed by atoms with Crippen LogP contribution in [-0.4, -0.2) is 18.9 Å². The summed E-state index contributed by atoms with van der Waals surface area (Å²) < 4.78 is 46.0. The highest BCUT2D eigenvalue weighted by molar-refractivity contribution is 6.00. The molecule has 1 saturated carbocycles. The van der Waals surface area contributed by atoms with E-state index < -0.39 is 35.9 Å². The molecule has 0 atom stereocenters. The third-order valence-corrected chi connectivity index (χ3v) is 5.75. The molecule has 166 valence electrons. The van der Waals surface area contributed by atoms with Crippen molar-refractivity contribution in [1.82, 2.24) is 0 Å². The van der Waals surface area contributed by atoms with E-state index in [9.17, 15) is 18.0 Å². The molecule has 0 unspecified atom stereocenters. The average molecular weight is 440 g/mol. The summed E-state index contributed by atoms with van der Waals surface area (Å²) in [6.07, 6.45) is -1.13. The van der Waals surface area contributed by atoms with Crippen LogP contribution < -0.4 is 15.4 Å². The molecule has 3 aromatic rings. The number of carbonyl (C=O) groups excluding carboxylic acids is 1. The van der Waals surface area contributed by atoms with Gasteiger partial charge < -0.3 is 15.4 Å². The van der Waals surface area contributed by atoms with Crippen LogP contribution in [0.5, 0.6) is 5.75 Å². The number of nitrogens with one attached hydrogen (secondary N) is 2. The van der Waals surface area contributed by atoms with E-state index in [1.54, 1.807) is 31.4 Å². The number of anilines is 2. The van der Waals surface area contributed by atoms with Gasteiger partial charge >= 0.3 is 0 Å². The molecule has 0 heterocycles. The van der Waals surface area contributed by atoms with Crippen LogP contribution >= 0.6 is 0 Å². The first-order chi connectivity index (χ1) is 15.3. The van der Waals surface area contributed by atoms with Crippen molar-refractivity contribution in [3.8, 4) is 5.75 Å². The van der Waals surface area contributed by atoms with Crippen molar-refractivity contribution < 1.29 is 22.7 Å². The van der Waals surface area contributed by atoms with Gasteiger partial charge in [0.25, 0.3) is 5.92 Å². The number of hydrogen-bond donors (Lipinski definition) is 2. The van der Waals surface area contributed by atoms with Crippen molar-refractivity contribution in [2.75, 3.05) is 17.7 Å². The quantitative estimate of drug-likeness (QED) is 0.492. The lowest BCUT2D eigenvalue weighted by atomic mass is 9.61. The van der Waals surface area contributed by atoms with Crippen LogP contribution in [0.2, 0.25) is 0 Å². The van der Waals surface area contributed by atoms with E-state index in [1.165, 1.54) is 24.3 Å². The Morgan fingerprint density at radius 1 is 0.906 bits per heavy atom. The number of hydrogen-bond acceptors (Lipinski definition) is 3. The molecule has 1 fully saturated rings. The highest BCUT2D eigenvalue weighted by Gasteiger charge is 2.61. The van der Waals surface area contributed by atoms with E-state index >= 15 is 0 Å². The second-order valence-electron chi connectivity index (χ2n) is 8.03. The fourth-order valence-corrected chi connectivity index (χ4v) is 3.97. The predicted molar refractivity (Wildman–Crippen MR) is 118 cm³/mol. The van der Waals surface area contributed by atoms with Crippen LogP contribution in [0.1, 0.15) is 24.0 Å². The molecule has 1 aliphatic carbocycles. The first-order valence-corrected chi connectivity index (χ1v) is 10.2. The molecule has 7 heteroatoms. The van der Waals surface area contributed by atoms with Gasteiger partial charge in [-0.2, -0.15) is 0 Å².